The summed E-state index contributed by atoms with van der Waals surface area (Å²) in [5, 5.41) is 15.5. The highest BCUT2D eigenvalue weighted by Gasteiger charge is 2.25. The molecule has 0 spiro atoms. The predicted molar refractivity (Wildman–Crippen MR) is 133 cm³/mol. The van der Waals surface area contributed by atoms with E-state index in [9.17, 15) is 4.79 Å². The molecule has 1 aromatic carbocycles. The molecule has 1 amide bonds. The minimum atomic E-state index is -0.110. The van der Waals surface area contributed by atoms with Crippen molar-refractivity contribution in [3.63, 3.8) is 0 Å². The normalized spacial score (nSPS) is 20.2. The third-order valence-electron chi connectivity index (χ3n) is 7.20. The number of pyridine rings is 2. The summed E-state index contributed by atoms with van der Waals surface area (Å²) in [6.45, 7) is 0.769. The number of aromatic nitrogens is 6. The Bertz CT molecular complexity index is 1580. The van der Waals surface area contributed by atoms with Crippen molar-refractivity contribution >= 4 is 28.0 Å². The van der Waals surface area contributed by atoms with E-state index in [4.69, 9.17) is 4.98 Å². The van der Waals surface area contributed by atoms with Crippen LogP contribution in [0.1, 0.15) is 41.6 Å². The lowest BCUT2D eigenvalue weighted by Crippen LogP contribution is -2.42. The first kappa shape index (κ1) is 20.3. The molecule has 8 rings (SSSR count). The maximum absolute atomic E-state index is 13.2. The fraction of sp³-hybridized carbons (Fsp3) is 0.269. The summed E-state index contributed by atoms with van der Waals surface area (Å²) in [6, 6.07) is 10.7. The molecule has 8 bridgehead atoms. The molecule has 1 saturated carbocycles. The maximum atomic E-state index is 13.2. The second-order valence-electron chi connectivity index (χ2n) is 9.46. The summed E-state index contributed by atoms with van der Waals surface area (Å²) >= 11 is 0. The van der Waals surface area contributed by atoms with Crippen molar-refractivity contribution in [2.75, 3.05) is 0 Å². The number of nitrogens with zero attached hydrogens (tertiary/aromatic N) is 4. The van der Waals surface area contributed by atoms with Crippen LogP contribution in [-0.4, -0.2) is 48.1 Å². The van der Waals surface area contributed by atoms with Gasteiger partial charge in [0, 0.05) is 48.2 Å². The first-order valence-corrected chi connectivity index (χ1v) is 12.0. The summed E-state index contributed by atoms with van der Waals surface area (Å²) in [4.78, 5) is 30.2. The van der Waals surface area contributed by atoms with E-state index < -0.39 is 0 Å². The fourth-order valence-corrected chi connectivity index (χ4v) is 5.29. The Morgan fingerprint density at radius 1 is 0.943 bits per heavy atom. The van der Waals surface area contributed by atoms with E-state index in [0.717, 1.165) is 59.8 Å². The van der Waals surface area contributed by atoms with Crippen LogP contribution in [0.3, 0.4) is 0 Å². The molecule has 4 aromatic heterocycles. The van der Waals surface area contributed by atoms with Gasteiger partial charge in [0.05, 0.1) is 11.1 Å². The molecule has 1 aliphatic carbocycles. The molecule has 1 fully saturated rings. The number of rotatable bonds is 0. The minimum Gasteiger partial charge on any atom is -0.349 e. The third-order valence-corrected chi connectivity index (χ3v) is 7.20. The Labute approximate surface area is 200 Å². The van der Waals surface area contributed by atoms with Gasteiger partial charge in [-0.25, -0.2) is 9.97 Å². The lowest BCUT2D eigenvalue weighted by atomic mass is 9.90. The Morgan fingerprint density at radius 3 is 2.74 bits per heavy atom. The molecule has 4 N–H and O–H groups in total. The van der Waals surface area contributed by atoms with Crippen molar-refractivity contribution in [1.29, 1.82) is 0 Å². The smallest absolute Gasteiger partial charge is 0.253 e. The van der Waals surface area contributed by atoms with E-state index in [1.54, 1.807) is 12.3 Å². The molecule has 3 aliphatic rings. The number of nitrogens with one attached hydrogen (secondary N) is 4. The fourth-order valence-electron chi connectivity index (χ4n) is 5.29. The van der Waals surface area contributed by atoms with Gasteiger partial charge in [0.2, 0.25) is 0 Å². The van der Waals surface area contributed by atoms with Gasteiger partial charge in [0.25, 0.3) is 5.91 Å². The van der Waals surface area contributed by atoms with Crippen LogP contribution in [0.4, 0.5) is 0 Å². The zero-order valence-corrected chi connectivity index (χ0v) is 19.0. The number of carbonyl (C=O) groups excluding carboxylic acids is 1. The van der Waals surface area contributed by atoms with Gasteiger partial charge >= 0.3 is 0 Å². The van der Waals surface area contributed by atoms with Crippen molar-refractivity contribution in [1.82, 2.24) is 40.8 Å². The van der Waals surface area contributed by atoms with Gasteiger partial charge in [0.15, 0.2) is 11.5 Å². The molecule has 0 atom stereocenters. The molecule has 6 heterocycles. The van der Waals surface area contributed by atoms with Crippen LogP contribution in [0.25, 0.3) is 44.7 Å². The first-order valence-electron chi connectivity index (χ1n) is 12.0. The zero-order valence-electron chi connectivity index (χ0n) is 19.0. The monoisotopic (exact) mass is 464 g/mol. The highest BCUT2D eigenvalue weighted by Crippen LogP contribution is 2.31. The highest BCUT2D eigenvalue weighted by molar-refractivity contribution is 6.05. The summed E-state index contributed by atoms with van der Waals surface area (Å²) in [5.74, 6) is 0.465. The molecular formula is C26H24N8O. The maximum Gasteiger partial charge on any atom is 0.253 e. The highest BCUT2D eigenvalue weighted by atomic mass is 16.1. The van der Waals surface area contributed by atoms with E-state index in [1.807, 2.05) is 18.5 Å². The molecule has 2 aliphatic heterocycles. The third kappa shape index (κ3) is 3.55. The van der Waals surface area contributed by atoms with Gasteiger partial charge in [-0.15, -0.1) is 0 Å². The standard InChI is InChI=1S/C26H24N8O/c35-26-19-7-8-28-24-22(19)31-25(32-24)23-20-10-15(1-6-21(20)33-34-23)16-9-14(11-27-13-16)12-29-17-2-4-18(30-26)5-3-17/h1,6-11,13,17-18,29H,2-5,12H2,(H,30,35)(H,33,34)(H,28,31,32). The number of imidazole rings is 1. The Balaban J connectivity index is 1.40. The van der Waals surface area contributed by atoms with Crippen LogP contribution < -0.4 is 10.6 Å². The molecule has 0 saturated heterocycles. The van der Waals surface area contributed by atoms with Gasteiger partial charge in [-0.3, -0.25) is 14.9 Å². The van der Waals surface area contributed by atoms with Crippen molar-refractivity contribution in [3.8, 4) is 22.6 Å². The Kier molecular flexibility index (Phi) is 4.63. The van der Waals surface area contributed by atoms with E-state index in [0.29, 0.717) is 34.3 Å². The quantitative estimate of drug-likeness (QED) is 0.277. The number of amides is 1. The van der Waals surface area contributed by atoms with E-state index in [1.165, 1.54) is 0 Å². The number of benzene rings is 1. The van der Waals surface area contributed by atoms with Gasteiger partial charge in [0.1, 0.15) is 11.2 Å². The van der Waals surface area contributed by atoms with E-state index in [-0.39, 0.29) is 11.9 Å². The van der Waals surface area contributed by atoms with Crippen LogP contribution in [0, 0.1) is 0 Å². The van der Waals surface area contributed by atoms with Gasteiger partial charge in [-0.1, -0.05) is 6.07 Å². The largest absolute Gasteiger partial charge is 0.349 e. The van der Waals surface area contributed by atoms with E-state index >= 15 is 0 Å². The lowest BCUT2D eigenvalue weighted by molar-refractivity contribution is 0.0925. The van der Waals surface area contributed by atoms with Gasteiger partial charge in [-0.05, 0) is 61.1 Å². The number of fused-ring (bicyclic) bond motifs is 4. The zero-order chi connectivity index (χ0) is 23.4. The van der Waals surface area contributed by atoms with Crippen LogP contribution in [-0.2, 0) is 6.54 Å². The van der Waals surface area contributed by atoms with E-state index in [2.05, 4.69) is 54.0 Å². The van der Waals surface area contributed by atoms with Crippen LogP contribution in [0.5, 0.6) is 0 Å². The van der Waals surface area contributed by atoms with Crippen molar-refractivity contribution in [2.24, 2.45) is 0 Å². The average Bonchev–Trinajstić information content (AvgIpc) is 3.51. The summed E-state index contributed by atoms with van der Waals surface area (Å²) in [6.07, 6.45) is 9.39. The van der Waals surface area contributed by atoms with Crippen LogP contribution >= 0.6 is 0 Å². The molecule has 0 unspecified atom stereocenters. The second kappa shape index (κ2) is 7.99. The summed E-state index contributed by atoms with van der Waals surface area (Å²) in [5.41, 5.74) is 6.51. The van der Waals surface area contributed by atoms with Crippen molar-refractivity contribution < 1.29 is 4.79 Å². The Morgan fingerprint density at radius 2 is 1.83 bits per heavy atom. The van der Waals surface area contributed by atoms with Crippen molar-refractivity contribution in [2.45, 2.75) is 44.3 Å². The van der Waals surface area contributed by atoms with Crippen LogP contribution in [0.15, 0.2) is 48.9 Å². The summed E-state index contributed by atoms with van der Waals surface area (Å²) < 4.78 is 0. The minimum absolute atomic E-state index is 0.110. The van der Waals surface area contributed by atoms with Gasteiger partial charge < -0.3 is 15.6 Å². The SMILES string of the molecule is O=C1NC2CCC(CC2)NCc2cncc(c2)-c2ccc3[nH]nc(c3c2)-c2nc3c1ccnc3[nH]2. The molecule has 5 aromatic rings. The number of hydrogen-bond donors (Lipinski definition) is 4. The number of H-pyrrole nitrogens is 2. The topological polar surface area (TPSA) is 124 Å². The number of carbonyl (C=O) groups is 1. The summed E-state index contributed by atoms with van der Waals surface area (Å²) in [7, 11) is 0. The Hall–Kier alpha value is -4.11. The predicted octanol–water partition coefficient (Wildman–Crippen LogP) is 3.71. The molecule has 9 heteroatoms. The van der Waals surface area contributed by atoms with Crippen LogP contribution in [0.2, 0.25) is 0 Å². The molecule has 9 nitrogen and oxygen atoms in total. The average molecular weight is 465 g/mol. The van der Waals surface area contributed by atoms with Crippen molar-refractivity contribution in [3.05, 3.63) is 60.0 Å². The molecule has 0 radical (unpaired) electrons. The second-order valence-corrected chi connectivity index (χ2v) is 9.46. The first-order chi connectivity index (χ1) is 17.2. The molecular weight excluding hydrogens is 440 g/mol. The molecule has 35 heavy (non-hydrogen) atoms. The molecule has 174 valence electrons. The number of aromatic amines is 2. The van der Waals surface area contributed by atoms with Gasteiger partial charge in [-0.2, -0.15) is 5.10 Å². The lowest BCUT2D eigenvalue weighted by Gasteiger charge is -2.30. The number of hydrogen-bond acceptors (Lipinski definition) is 6.